The topological polar surface area (TPSA) is 3.24 Å². The minimum absolute atomic E-state index is 0.803. The van der Waals surface area contributed by atoms with Crippen molar-refractivity contribution >= 4 is 27.7 Å². The summed E-state index contributed by atoms with van der Waals surface area (Å²) in [5, 5.41) is 1.16. The lowest BCUT2D eigenvalue weighted by Gasteiger charge is -2.42. The number of nitrogens with zero attached hydrogens (tertiary/aromatic N) is 1. The molecule has 2 fully saturated rings. The van der Waals surface area contributed by atoms with Crippen LogP contribution < -0.4 is 0 Å². The van der Waals surface area contributed by atoms with Gasteiger partial charge in [0.25, 0.3) is 0 Å². The smallest absolute Gasteiger partial charge is 0.0286 e. The normalized spacial score (nSPS) is 31.9. The molecule has 0 amide bonds. The maximum Gasteiger partial charge on any atom is 0.0286 e. The number of hydrogen-bond donors (Lipinski definition) is 0. The van der Waals surface area contributed by atoms with Crippen LogP contribution >= 0.6 is 27.7 Å². The minimum Gasteiger partial charge on any atom is -0.295 e. The van der Waals surface area contributed by atoms with Gasteiger partial charge >= 0.3 is 0 Å². The van der Waals surface area contributed by atoms with Crippen molar-refractivity contribution in [2.45, 2.75) is 44.2 Å². The number of rotatable bonds is 2. The summed E-state index contributed by atoms with van der Waals surface area (Å²) in [7, 11) is 0. The summed E-state index contributed by atoms with van der Waals surface area (Å²) in [5.74, 6) is 2.68. The molecule has 0 radical (unpaired) electrons. The predicted octanol–water partition coefficient (Wildman–Crippen LogP) is 3.13. The van der Waals surface area contributed by atoms with Crippen LogP contribution in [0.3, 0.4) is 0 Å². The van der Waals surface area contributed by atoms with Gasteiger partial charge in [0.1, 0.15) is 0 Å². The van der Waals surface area contributed by atoms with E-state index in [-0.39, 0.29) is 0 Å². The molecule has 0 bridgehead atoms. The van der Waals surface area contributed by atoms with E-state index in [1.165, 1.54) is 50.2 Å². The third-order valence-electron chi connectivity index (χ3n) is 3.49. The molecule has 1 atom stereocenters. The van der Waals surface area contributed by atoms with Crippen LogP contribution in [0, 0.1) is 0 Å². The van der Waals surface area contributed by atoms with E-state index in [9.17, 15) is 0 Å². The molecule has 2 aliphatic rings. The van der Waals surface area contributed by atoms with E-state index in [0.29, 0.717) is 0 Å². The Hall–Kier alpha value is 0.790. The zero-order valence-electron chi connectivity index (χ0n) is 8.75. The average molecular weight is 278 g/mol. The third-order valence-corrected chi connectivity index (χ3v) is 5.33. The lowest BCUT2D eigenvalue weighted by molar-refractivity contribution is 0.130. The first-order valence-corrected chi connectivity index (χ1v) is 8.09. The highest BCUT2D eigenvalue weighted by Gasteiger charge is 2.28. The van der Waals surface area contributed by atoms with Crippen LogP contribution in [-0.4, -0.2) is 40.4 Å². The molecule has 0 aromatic rings. The molecule has 0 aromatic carbocycles. The Morgan fingerprint density at radius 2 is 2.00 bits per heavy atom. The minimum atomic E-state index is 0.803. The Balaban J connectivity index is 1.91. The van der Waals surface area contributed by atoms with E-state index >= 15 is 0 Å². The Bertz CT molecular complexity index is 171. The van der Waals surface area contributed by atoms with Crippen LogP contribution in [0.1, 0.15) is 32.1 Å². The van der Waals surface area contributed by atoms with E-state index < -0.39 is 0 Å². The Morgan fingerprint density at radius 1 is 1.21 bits per heavy atom. The lowest BCUT2D eigenvalue weighted by Crippen LogP contribution is -2.49. The van der Waals surface area contributed by atoms with Crippen molar-refractivity contribution in [2.75, 3.05) is 23.4 Å². The number of halogens is 1. The van der Waals surface area contributed by atoms with Crippen LogP contribution in [0.25, 0.3) is 0 Å². The highest BCUT2D eigenvalue weighted by Crippen LogP contribution is 2.28. The van der Waals surface area contributed by atoms with Gasteiger partial charge in [-0.25, -0.2) is 0 Å². The second-order valence-electron chi connectivity index (χ2n) is 4.41. The van der Waals surface area contributed by atoms with Crippen LogP contribution in [-0.2, 0) is 0 Å². The van der Waals surface area contributed by atoms with Gasteiger partial charge in [0, 0.05) is 35.5 Å². The fourth-order valence-corrected chi connectivity index (χ4v) is 4.69. The highest BCUT2D eigenvalue weighted by atomic mass is 79.9. The van der Waals surface area contributed by atoms with Crippen LogP contribution in [0.2, 0.25) is 0 Å². The van der Waals surface area contributed by atoms with Crippen LogP contribution in [0.5, 0.6) is 0 Å². The Kier molecular flexibility index (Phi) is 4.64. The van der Waals surface area contributed by atoms with E-state index in [4.69, 9.17) is 0 Å². The summed E-state index contributed by atoms with van der Waals surface area (Å²) in [6.07, 6.45) is 7.30. The monoisotopic (exact) mass is 277 g/mol. The number of alkyl halides is 1. The second kappa shape index (κ2) is 5.76. The first-order chi connectivity index (χ1) is 6.92. The fourth-order valence-electron chi connectivity index (χ4n) is 2.69. The quantitative estimate of drug-likeness (QED) is 0.714. The van der Waals surface area contributed by atoms with Crippen LogP contribution in [0.4, 0.5) is 0 Å². The summed E-state index contributed by atoms with van der Waals surface area (Å²) < 4.78 is 0. The molecule has 1 heterocycles. The van der Waals surface area contributed by atoms with E-state index in [2.05, 4.69) is 32.6 Å². The summed E-state index contributed by atoms with van der Waals surface area (Å²) in [6, 6.07) is 1.71. The van der Waals surface area contributed by atoms with Gasteiger partial charge in [0.15, 0.2) is 0 Å². The molecule has 2 rings (SSSR count). The number of hydrogen-bond acceptors (Lipinski definition) is 2. The van der Waals surface area contributed by atoms with E-state index in [1.807, 2.05) is 0 Å². The largest absolute Gasteiger partial charge is 0.295 e. The molecule has 3 heteroatoms. The van der Waals surface area contributed by atoms with Gasteiger partial charge in [-0.15, -0.1) is 0 Å². The molecule has 82 valence electrons. The summed E-state index contributed by atoms with van der Waals surface area (Å²) in [4.78, 5) is 2.78. The molecule has 1 saturated heterocycles. The van der Waals surface area contributed by atoms with Crippen molar-refractivity contribution in [1.82, 2.24) is 4.90 Å². The zero-order valence-corrected chi connectivity index (χ0v) is 11.2. The molecule has 1 unspecified atom stereocenters. The van der Waals surface area contributed by atoms with Gasteiger partial charge in [-0.1, -0.05) is 35.2 Å². The molecule has 0 spiro atoms. The third kappa shape index (κ3) is 2.67. The van der Waals surface area contributed by atoms with Crippen molar-refractivity contribution in [2.24, 2.45) is 0 Å². The van der Waals surface area contributed by atoms with E-state index in [1.54, 1.807) is 0 Å². The lowest BCUT2D eigenvalue weighted by atomic mass is 9.93. The molecule has 0 aromatic heterocycles. The summed E-state index contributed by atoms with van der Waals surface area (Å²) >= 11 is 5.79. The Labute approximate surface area is 100 Å². The molecule has 1 saturated carbocycles. The molecular weight excluding hydrogens is 258 g/mol. The van der Waals surface area contributed by atoms with Gasteiger partial charge in [-0.3, -0.25) is 4.90 Å². The van der Waals surface area contributed by atoms with Gasteiger partial charge in [0.05, 0.1) is 0 Å². The first-order valence-electron chi connectivity index (χ1n) is 5.81. The maximum absolute atomic E-state index is 3.66. The van der Waals surface area contributed by atoms with Crippen molar-refractivity contribution in [3.63, 3.8) is 0 Å². The zero-order chi connectivity index (χ0) is 9.80. The molecule has 14 heavy (non-hydrogen) atoms. The van der Waals surface area contributed by atoms with Gasteiger partial charge in [0.2, 0.25) is 0 Å². The average Bonchev–Trinajstić information content (AvgIpc) is 2.30. The first kappa shape index (κ1) is 11.3. The summed E-state index contributed by atoms with van der Waals surface area (Å²) in [5.41, 5.74) is 0. The van der Waals surface area contributed by atoms with Gasteiger partial charge in [-0.05, 0) is 12.8 Å². The van der Waals surface area contributed by atoms with E-state index in [0.717, 1.165) is 17.4 Å². The molecule has 1 aliphatic carbocycles. The fraction of sp³-hybridized carbons (Fsp3) is 1.00. The summed E-state index contributed by atoms with van der Waals surface area (Å²) in [6.45, 7) is 1.32. The standard InChI is InChI=1S/C11H20BrNS/c12-8-11-9-14-7-6-13(11)10-4-2-1-3-5-10/h10-11H,1-9H2. The number of thioether (sulfide) groups is 1. The predicted molar refractivity (Wildman–Crippen MR) is 68.5 cm³/mol. The van der Waals surface area contributed by atoms with Crippen LogP contribution in [0.15, 0.2) is 0 Å². The molecule has 0 N–H and O–H groups in total. The van der Waals surface area contributed by atoms with Gasteiger partial charge in [-0.2, -0.15) is 11.8 Å². The maximum atomic E-state index is 3.66. The molecule has 1 nitrogen and oxygen atoms in total. The molecular formula is C11H20BrNS. The second-order valence-corrected chi connectivity index (χ2v) is 6.21. The van der Waals surface area contributed by atoms with Crippen molar-refractivity contribution in [1.29, 1.82) is 0 Å². The van der Waals surface area contributed by atoms with Gasteiger partial charge < -0.3 is 0 Å². The Morgan fingerprint density at radius 3 is 2.71 bits per heavy atom. The van der Waals surface area contributed by atoms with Crippen molar-refractivity contribution < 1.29 is 0 Å². The SMILES string of the molecule is BrCC1CSCCN1C1CCCCC1. The van der Waals surface area contributed by atoms with Crippen molar-refractivity contribution in [3.05, 3.63) is 0 Å². The van der Waals surface area contributed by atoms with Crippen molar-refractivity contribution in [3.8, 4) is 0 Å². The highest BCUT2D eigenvalue weighted by molar-refractivity contribution is 9.09. The molecule has 1 aliphatic heterocycles.